The quantitative estimate of drug-likeness (QED) is 0.228. The molecular weight excluding hydrogens is 535 g/mol. The van der Waals surface area contributed by atoms with Crippen molar-refractivity contribution in [2.75, 3.05) is 19.6 Å². The van der Waals surface area contributed by atoms with E-state index < -0.39 is 35.3 Å². The Hall–Kier alpha value is -3.72. The molecule has 0 aliphatic carbocycles. The first kappa shape index (κ1) is 26.5. The lowest BCUT2D eigenvalue weighted by Gasteiger charge is -2.42. The fraction of sp³-hybridized carbons (Fsp3) is 0.290. The van der Waals surface area contributed by atoms with Crippen LogP contribution >= 0.6 is 11.6 Å². The van der Waals surface area contributed by atoms with Gasteiger partial charge in [0, 0.05) is 11.8 Å². The van der Waals surface area contributed by atoms with Crippen LogP contribution in [0.1, 0.15) is 28.5 Å². The molecule has 2 bridgehead atoms. The Morgan fingerprint density at radius 3 is 2.20 bits per heavy atom. The molecule has 1 saturated heterocycles. The van der Waals surface area contributed by atoms with Gasteiger partial charge in [0.2, 0.25) is 0 Å². The van der Waals surface area contributed by atoms with Crippen molar-refractivity contribution in [1.29, 1.82) is 0 Å². The van der Waals surface area contributed by atoms with Crippen LogP contribution in [0.4, 0.5) is 4.39 Å². The number of hydrogen-bond acceptors (Lipinski definition) is 6. The van der Waals surface area contributed by atoms with E-state index in [9.17, 15) is 4.79 Å². The molecule has 4 aromatic rings. The highest BCUT2D eigenvalue weighted by atomic mass is 35.5. The number of fused-ring (bicyclic) bond motifs is 4. The van der Waals surface area contributed by atoms with E-state index >= 15 is 4.39 Å². The number of aromatic nitrogens is 2. The van der Waals surface area contributed by atoms with Gasteiger partial charge in [0.05, 0.1) is 13.0 Å². The minimum atomic E-state index is -1.67. The van der Waals surface area contributed by atoms with Crippen molar-refractivity contribution in [3.8, 4) is 11.8 Å². The number of halogens is 2. The monoisotopic (exact) mass is 562 g/mol. The zero-order valence-corrected chi connectivity index (χ0v) is 22.8. The second-order valence-electron chi connectivity index (χ2n) is 10.0. The van der Waals surface area contributed by atoms with Crippen molar-refractivity contribution in [3.63, 3.8) is 0 Å². The van der Waals surface area contributed by atoms with Crippen molar-refractivity contribution in [2.24, 2.45) is 0 Å². The summed E-state index contributed by atoms with van der Waals surface area (Å²) in [5.41, 5.74) is -0.373. The zero-order chi connectivity index (χ0) is 27.9. The van der Waals surface area contributed by atoms with Crippen LogP contribution in [0.3, 0.4) is 0 Å². The molecule has 6 rings (SSSR count). The third kappa shape index (κ3) is 4.18. The zero-order valence-electron chi connectivity index (χ0n) is 22.0. The summed E-state index contributed by atoms with van der Waals surface area (Å²) in [7, 11) is 1.60. The van der Waals surface area contributed by atoms with Gasteiger partial charge in [-0.3, -0.25) is 9.36 Å². The molecule has 1 aromatic heterocycles. The molecular formula is C31H28ClFN2O5. The molecule has 2 aliphatic heterocycles. The summed E-state index contributed by atoms with van der Waals surface area (Å²) < 4.78 is 42.9. The van der Waals surface area contributed by atoms with Gasteiger partial charge in [-0.2, -0.15) is 4.98 Å². The second kappa shape index (κ2) is 10.4. The molecule has 206 valence electrons. The first-order valence-corrected chi connectivity index (χ1v) is 13.5. The van der Waals surface area contributed by atoms with Crippen molar-refractivity contribution in [3.05, 3.63) is 124 Å². The molecule has 0 N–H and O–H groups in total. The Balaban J connectivity index is 1.55. The fourth-order valence-electron chi connectivity index (χ4n) is 5.55. The maximum Gasteiger partial charge on any atom is 0.302 e. The molecule has 3 aromatic carbocycles. The van der Waals surface area contributed by atoms with Gasteiger partial charge >= 0.3 is 6.01 Å². The molecule has 0 spiro atoms. The highest BCUT2D eigenvalue weighted by Gasteiger charge is 2.62. The van der Waals surface area contributed by atoms with E-state index in [1.807, 2.05) is 84.9 Å². The standard InChI is InChI=1S/C31H28ClFN2O5/c1-20-17-35-28-25(33)26(30(18-32,40-28)19-38-29(35)34-27(20)36)39-31(21-9-5-3-6-10-21,22-11-7-4-8-12-22)23-13-15-24(37-2)16-14-23/h3-17,25-26,28H,18-19H2,1-2H3/t25-,26-,28+,30+/m0/s1. The summed E-state index contributed by atoms with van der Waals surface area (Å²) in [6.07, 6.45) is -2.49. The average molecular weight is 563 g/mol. The summed E-state index contributed by atoms with van der Waals surface area (Å²) in [5, 5.41) is 0. The summed E-state index contributed by atoms with van der Waals surface area (Å²) in [4.78, 5) is 16.2. The van der Waals surface area contributed by atoms with Crippen molar-refractivity contribution in [2.45, 2.75) is 36.6 Å². The largest absolute Gasteiger partial charge is 0.497 e. The van der Waals surface area contributed by atoms with E-state index in [1.54, 1.807) is 14.0 Å². The third-order valence-electron chi connectivity index (χ3n) is 7.63. The van der Waals surface area contributed by atoms with Gasteiger partial charge in [0.1, 0.15) is 29.7 Å². The molecule has 4 atom stereocenters. The van der Waals surface area contributed by atoms with Crippen LogP contribution in [0.15, 0.2) is 95.9 Å². The molecule has 1 fully saturated rings. The number of rotatable bonds is 7. The first-order chi connectivity index (χ1) is 19.4. The highest BCUT2D eigenvalue weighted by molar-refractivity contribution is 6.18. The van der Waals surface area contributed by atoms with Crippen molar-refractivity contribution < 1.29 is 23.3 Å². The number of hydrogen-bond donors (Lipinski definition) is 0. The lowest BCUT2D eigenvalue weighted by molar-refractivity contribution is -0.144. The molecule has 0 saturated carbocycles. The Kier molecular flexibility index (Phi) is 6.86. The normalized spacial score (nSPS) is 23.6. The molecule has 0 radical (unpaired) electrons. The number of methoxy groups -OCH3 is 1. The van der Waals surface area contributed by atoms with Gasteiger partial charge in [-0.15, -0.1) is 11.6 Å². The smallest absolute Gasteiger partial charge is 0.302 e. The van der Waals surface area contributed by atoms with E-state index in [1.165, 1.54) is 10.8 Å². The summed E-state index contributed by atoms with van der Waals surface area (Å²) in [6.45, 7) is 1.45. The minimum Gasteiger partial charge on any atom is -0.497 e. The predicted octanol–water partition coefficient (Wildman–Crippen LogP) is 5.17. The Morgan fingerprint density at radius 2 is 1.62 bits per heavy atom. The van der Waals surface area contributed by atoms with Crippen LogP contribution in [0.5, 0.6) is 11.8 Å². The van der Waals surface area contributed by atoms with Gasteiger partial charge < -0.3 is 18.9 Å². The minimum absolute atomic E-state index is 0.0128. The summed E-state index contributed by atoms with van der Waals surface area (Å²) in [5.74, 6) is 0.562. The van der Waals surface area contributed by atoms with Crippen LogP contribution < -0.4 is 15.0 Å². The van der Waals surface area contributed by atoms with E-state index in [2.05, 4.69) is 4.98 Å². The number of ether oxygens (including phenoxy) is 4. The lowest BCUT2D eigenvalue weighted by Crippen LogP contribution is -2.54. The summed E-state index contributed by atoms with van der Waals surface area (Å²) in [6, 6.07) is 26.8. The van der Waals surface area contributed by atoms with E-state index in [0.29, 0.717) is 11.3 Å². The number of alkyl halides is 2. The maximum absolute atomic E-state index is 16.8. The van der Waals surface area contributed by atoms with Crippen LogP contribution in [-0.2, 0) is 15.1 Å². The van der Waals surface area contributed by atoms with Gasteiger partial charge in [0.15, 0.2) is 12.4 Å². The number of nitrogens with zero attached hydrogens (tertiary/aromatic N) is 2. The summed E-state index contributed by atoms with van der Waals surface area (Å²) >= 11 is 6.55. The number of benzene rings is 3. The van der Waals surface area contributed by atoms with Crippen LogP contribution in [-0.4, -0.2) is 47.0 Å². The molecule has 40 heavy (non-hydrogen) atoms. The molecule has 0 unspecified atom stereocenters. The average Bonchev–Trinajstić information content (AvgIpc) is 3.16. The third-order valence-corrected chi connectivity index (χ3v) is 8.08. The Labute approximate surface area is 236 Å². The van der Waals surface area contributed by atoms with Gasteiger partial charge in [-0.05, 0) is 35.7 Å². The number of aryl methyl sites for hydroxylation is 1. The van der Waals surface area contributed by atoms with Crippen LogP contribution in [0, 0.1) is 6.92 Å². The highest BCUT2D eigenvalue weighted by Crippen LogP contribution is 2.50. The fourth-order valence-corrected chi connectivity index (χ4v) is 5.84. The molecule has 7 nitrogen and oxygen atoms in total. The Bertz CT molecular complexity index is 1510. The lowest BCUT2D eigenvalue weighted by atomic mass is 9.79. The topological polar surface area (TPSA) is 71.8 Å². The first-order valence-electron chi connectivity index (χ1n) is 13.0. The van der Waals surface area contributed by atoms with Crippen LogP contribution in [0.2, 0.25) is 0 Å². The van der Waals surface area contributed by atoms with E-state index in [0.717, 1.165) is 16.7 Å². The SMILES string of the molecule is COc1ccc(C(O[C@H]2[C@H](F)[C@H]3O[C@]2(CCl)COc2nc(=O)c(C)cn23)(c2ccccc2)c2ccccc2)cc1. The Morgan fingerprint density at radius 1 is 1.02 bits per heavy atom. The van der Waals surface area contributed by atoms with E-state index in [-0.39, 0.29) is 18.5 Å². The van der Waals surface area contributed by atoms with E-state index in [4.69, 9.17) is 30.5 Å². The van der Waals surface area contributed by atoms with Gasteiger partial charge in [-0.1, -0.05) is 72.8 Å². The van der Waals surface area contributed by atoms with Gasteiger partial charge in [0.25, 0.3) is 5.56 Å². The van der Waals surface area contributed by atoms with Gasteiger partial charge in [-0.25, -0.2) is 4.39 Å². The molecule has 9 heteroatoms. The maximum atomic E-state index is 16.8. The van der Waals surface area contributed by atoms with Crippen LogP contribution in [0.25, 0.3) is 0 Å². The molecule has 0 amide bonds. The van der Waals surface area contributed by atoms with Crippen molar-refractivity contribution >= 4 is 11.6 Å². The second-order valence-corrected chi connectivity index (χ2v) is 10.3. The van der Waals surface area contributed by atoms with Crippen molar-refractivity contribution in [1.82, 2.24) is 9.55 Å². The molecule has 3 heterocycles. The predicted molar refractivity (Wildman–Crippen MR) is 148 cm³/mol. The molecule has 2 aliphatic rings.